The molecule has 0 aliphatic carbocycles. The van der Waals surface area contributed by atoms with Gasteiger partial charge < -0.3 is 29.5 Å². The van der Waals surface area contributed by atoms with Gasteiger partial charge in [0.15, 0.2) is 0 Å². The van der Waals surface area contributed by atoms with Gasteiger partial charge in [-0.25, -0.2) is 14.4 Å². The van der Waals surface area contributed by atoms with Gasteiger partial charge in [0.25, 0.3) is 0 Å². The zero-order chi connectivity index (χ0) is 45.0. The van der Waals surface area contributed by atoms with Crippen LogP contribution in [-0.2, 0) is 37.2 Å². The van der Waals surface area contributed by atoms with Gasteiger partial charge in [0.05, 0.1) is 38.0 Å². The lowest BCUT2D eigenvalue weighted by atomic mass is 9.78. The van der Waals surface area contributed by atoms with E-state index in [9.17, 15) is 29.7 Å². The summed E-state index contributed by atoms with van der Waals surface area (Å²) in [5.41, 5.74) is 5.20. The molecule has 0 aliphatic heterocycles. The number of carboxylic acids is 2. The maximum atomic E-state index is 11.9. The molecule has 3 rings (SSSR count). The number of ether oxygens (including phenoxy) is 3. The van der Waals surface area contributed by atoms with Gasteiger partial charge in [-0.2, -0.15) is 0 Å². The van der Waals surface area contributed by atoms with E-state index in [1.165, 1.54) is 7.11 Å². The van der Waals surface area contributed by atoms with Crippen LogP contribution in [-0.4, -0.2) is 54.6 Å². The Morgan fingerprint density at radius 1 is 0.414 bits per heavy atom. The predicted molar refractivity (Wildman–Crippen MR) is 238 cm³/mol. The first kappa shape index (κ1) is 53.5. The van der Waals surface area contributed by atoms with Crippen molar-refractivity contribution in [3.8, 4) is 17.2 Å². The average molecular weight is 809 g/mol. The van der Waals surface area contributed by atoms with Crippen LogP contribution in [0.1, 0.15) is 197 Å². The SMILES string of the molecule is C.CC(C)(C)c1cc(C(=O)O)cc(C(C)(C)C)c1O.COC(=O)c1cc(C(C)(C)C)c(OC)c(C(C)(C)C)c1.COc1c(C(C)(C)C)cc(C(=O)O)cc1C(C)(C)C. The van der Waals surface area contributed by atoms with Gasteiger partial charge in [-0.15, -0.1) is 0 Å². The number of aromatic hydroxyl groups is 1. The number of carbonyl (C=O) groups is 3. The second-order valence-electron chi connectivity index (χ2n) is 20.7. The molecule has 0 unspecified atom stereocenters. The molecule has 0 amide bonds. The summed E-state index contributed by atoms with van der Waals surface area (Å²) in [5.74, 6) is -0.323. The van der Waals surface area contributed by atoms with Crippen molar-refractivity contribution in [2.75, 3.05) is 21.3 Å². The van der Waals surface area contributed by atoms with Crippen LogP contribution in [0.5, 0.6) is 17.2 Å². The van der Waals surface area contributed by atoms with Gasteiger partial charge in [0.1, 0.15) is 17.2 Å². The van der Waals surface area contributed by atoms with Crippen molar-refractivity contribution in [2.24, 2.45) is 0 Å². The summed E-state index contributed by atoms with van der Waals surface area (Å²) >= 11 is 0. The van der Waals surface area contributed by atoms with Crippen LogP contribution < -0.4 is 9.47 Å². The van der Waals surface area contributed by atoms with Crippen molar-refractivity contribution in [1.29, 1.82) is 0 Å². The molecule has 0 saturated heterocycles. The first-order valence-corrected chi connectivity index (χ1v) is 19.3. The van der Waals surface area contributed by atoms with E-state index in [0.717, 1.165) is 33.8 Å². The van der Waals surface area contributed by atoms with Crippen LogP contribution in [0.4, 0.5) is 0 Å². The van der Waals surface area contributed by atoms with Crippen molar-refractivity contribution in [2.45, 2.75) is 165 Å². The first-order valence-electron chi connectivity index (χ1n) is 19.3. The number of benzene rings is 3. The van der Waals surface area contributed by atoms with E-state index in [0.29, 0.717) is 22.3 Å². The highest BCUT2D eigenvalue weighted by atomic mass is 16.5. The molecule has 0 heterocycles. The van der Waals surface area contributed by atoms with Gasteiger partial charge in [-0.05, 0) is 68.9 Å². The molecule has 0 spiro atoms. The van der Waals surface area contributed by atoms with Crippen LogP contribution >= 0.6 is 0 Å². The van der Waals surface area contributed by atoms with Gasteiger partial charge in [0.2, 0.25) is 0 Å². The Hall–Kier alpha value is -4.53. The normalized spacial score (nSPS) is 12.2. The molecule has 0 saturated carbocycles. The molecule has 0 atom stereocenters. The summed E-state index contributed by atoms with van der Waals surface area (Å²) in [6, 6.07) is 10.3. The highest BCUT2D eigenvalue weighted by molar-refractivity contribution is 5.91. The van der Waals surface area contributed by atoms with Crippen LogP contribution in [0.25, 0.3) is 0 Å². The van der Waals surface area contributed by atoms with Crippen LogP contribution in [0.3, 0.4) is 0 Å². The quantitative estimate of drug-likeness (QED) is 0.215. The fourth-order valence-corrected chi connectivity index (χ4v) is 6.19. The largest absolute Gasteiger partial charge is 0.507 e. The Labute approximate surface area is 350 Å². The smallest absolute Gasteiger partial charge is 0.337 e. The Morgan fingerprint density at radius 3 is 0.793 bits per heavy atom. The van der Waals surface area contributed by atoms with E-state index in [1.54, 1.807) is 38.5 Å². The molecule has 0 radical (unpaired) electrons. The summed E-state index contributed by atoms with van der Waals surface area (Å²) in [6.45, 7) is 36.8. The molecule has 3 aromatic carbocycles. The number of esters is 1. The fraction of sp³-hybridized carbons (Fsp3) is 0.571. The Kier molecular flexibility index (Phi) is 17.5. The van der Waals surface area contributed by atoms with Crippen LogP contribution in [0.15, 0.2) is 36.4 Å². The third-order valence-electron chi connectivity index (χ3n) is 9.46. The maximum absolute atomic E-state index is 11.9. The monoisotopic (exact) mass is 809 g/mol. The predicted octanol–water partition coefficient (Wildman–Crippen LogP) is 12.4. The second-order valence-corrected chi connectivity index (χ2v) is 20.7. The summed E-state index contributed by atoms with van der Waals surface area (Å²) < 4.78 is 16.1. The molecule has 3 aromatic rings. The minimum absolute atomic E-state index is 0. The molecule has 0 aromatic heterocycles. The third-order valence-corrected chi connectivity index (χ3v) is 9.46. The third kappa shape index (κ3) is 13.8. The highest BCUT2D eigenvalue weighted by Crippen LogP contribution is 2.43. The lowest BCUT2D eigenvalue weighted by Crippen LogP contribution is -2.20. The highest BCUT2D eigenvalue weighted by Gasteiger charge is 2.31. The number of methoxy groups -OCH3 is 3. The lowest BCUT2D eigenvalue weighted by molar-refractivity contribution is 0.0598. The zero-order valence-corrected chi connectivity index (χ0v) is 38.8. The summed E-state index contributed by atoms with van der Waals surface area (Å²) in [4.78, 5) is 34.4. The van der Waals surface area contributed by atoms with Crippen LogP contribution in [0.2, 0.25) is 0 Å². The van der Waals surface area contributed by atoms with E-state index in [-0.39, 0.29) is 57.2 Å². The number of phenols is 1. The number of rotatable bonds is 5. The van der Waals surface area contributed by atoms with Crippen molar-refractivity contribution in [3.05, 3.63) is 86.5 Å². The zero-order valence-electron chi connectivity index (χ0n) is 38.8. The maximum Gasteiger partial charge on any atom is 0.337 e. The molecule has 9 heteroatoms. The second kappa shape index (κ2) is 19.0. The average Bonchev–Trinajstić information content (AvgIpc) is 3.04. The van der Waals surface area contributed by atoms with Crippen LogP contribution in [0, 0.1) is 0 Å². The molecule has 0 aliphatic rings. The molecular weight excluding hydrogens is 733 g/mol. The summed E-state index contributed by atoms with van der Waals surface area (Å²) in [7, 11) is 4.72. The number of hydrogen-bond acceptors (Lipinski definition) is 7. The molecule has 0 bridgehead atoms. The van der Waals surface area contributed by atoms with E-state index in [4.69, 9.17) is 14.2 Å². The first-order chi connectivity index (χ1) is 25.4. The topological polar surface area (TPSA) is 140 Å². The van der Waals surface area contributed by atoms with Gasteiger partial charge in [-0.3, -0.25) is 0 Å². The van der Waals surface area contributed by atoms with E-state index >= 15 is 0 Å². The Bertz CT molecular complexity index is 1800. The fourth-order valence-electron chi connectivity index (χ4n) is 6.19. The van der Waals surface area contributed by atoms with E-state index in [2.05, 4.69) is 83.1 Å². The Morgan fingerprint density at radius 2 is 0.621 bits per heavy atom. The number of phenolic OH excluding ortho intramolecular Hbond substituents is 1. The molecule has 9 nitrogen and oxygen atoms in total. The van der Waals surface area contributed by atoms with Crippen molar-refractivity contribution in [3.63, 3.8) is 0 Å². The summed E-state index contributed by atoms with van der Waals surface area (Å²) in [6.07, 6.45) is 0. The number of carboxylic acid groups (broad SMARTS) is 2. The molecular formula is C49H76O9. The molecule has 0 fully saturated rings. The standard InChI is InChI=1S/C17H26O3.C16H24O3.C15H22O3.CH4/c1-16(2,3)12-9-11(15(18)20-8)10-13(14(12)19-7)17(4,5)6;1-15(2,3)11-8-10(14(17)18)9-12(13(11)19-7)16(4,5)6;1-14(2,3)10-7-9(13(17)18)8-11(12(10)16)15(4,5)6;/h9-10H,1-8H3;8-9H,1-7H3,(H,17,18);7-8,16H,1-6H3,(H,17,18);1H4. The van der Waals surface area contributed by atoms with Crippen molar-refractivity contribution in [1.82, 2.24) is 0 Å². The molecule has 3 N–H and O–H groups in total. The van der Waals surface area contributed by atoms with Gasteiger partial charge in [0, 0.05) is 33.4 Å². The lowest BCUT2D eigenvalue weighted by Gasteiger charge is -2.29. The van der Waals surface area contributed by atoms with Crippen molar-refractivity contribution < 1.29 is 43.9 Å². The molecule has 326 valence electrons. The minimum atomic E-state index is -0.967. The van der Waals surface area contributed by atoms with Gasteiger partial charge in [-0.1, -0.05) is 132 Å². The molecule has 58 heavy (non-hydrogen) atoms. The van der Waals surface area contributed by atoms with E-state index in [1.807, 2.05) is 53.7 Å². The van der Waals surface area contributed by atoms with Gasteiger partial charge >= 0.3 is 17.9 Å². The van der Waals surface area contributed by atoms with E-state index < -0.39 is 11.9 Å². The number of carbonyl (C=O) groups excluding carboxylic acids is 1. The number of hydrogen-bond donors (Lipinski definition) is 3. The summed E-state index contributed by atoms with van der Waals surface area (Å²) in [5, 5.41) is 28.8. The Balaban J connectivity index is 0.000000834. The van der Waals surface area contributed by atoms with Crippen molar-refractivity contribution >= 4 is 17.9 Å². The number of aromatic carboxylic acids is 2. The minimum Gasteiger partial charge on any atom is -0.507 e.